The molecule has 0 fully saturated rings. The number of hydrogen-bond donors (Lipinski definition) is 1. The number of aromatic nitrogens is 1. The van der Waals surface area contributed by atoms with Crippen molar-refractivity contribution in [2.45, 2.75) is 31.1 Å². The second-order valence-corrected chi connectivity index (χ2v) is 6.94. The zero-order valence-corrected chi connectivity index (χ0v) is 14.1. The van der Waals surface area contributed by atoms with Gasteiger partial charge in [0.25, 0.3) is 0 Å². The fourth-order valence-electron chi connectivity index (χ4n) is 2.01. The molecule has 0 unspecified atom stereocenters. The number of unbranched alkanes of at least 4 members (excludes halogenated alkanes) is 1. The van der Waals surface area contributed by atoms with Crippen LogP contribution in [0.25, 0.3) is 0 Å². The van der Waals surface area contributed by atoms with E-state index in [-0.39, 0.29) is 4.90 Å². The number of hydrogen-bond acceptors (Lipinski definition) is 4. The van der Waals surface area contributed by atoms with Crippen molar-refractivity contribution < 1.29 is 13.2 Å². The van der Waals surface area contributed by atoms with Crippen molar-refractivity contribution in [3.05, 3.63) is 54.4 Å². The highest BCUT2D eigenvalue weighted by molar-refractivity contribution is 7.89. The molecule has 0 spiro atoms. The summed E-state index contributed by atoms with van der Waals surface area (Å²) in [6.45, 7) is 3.09. The third-order valence-electron chi connectivity index (χ3n) is 3.36. The summed E-state index contributed by atoms with van der Waals surface area (Å²) in [6, 6.07) is 10.2. The highest BCUT2D eigenvalue weighted by Crippen LogP contribution is 2.16. The van der Waals surface area contributed by atoms with E-state index in [4.69, 9.17) is 4.74 Å². The molecule has 124 valence electrons. The predicted molar refractivity (Wildman–Crippen MR) is 90.0 cm³/mol. The van der Waals surface area contributed by atoms with E-state index in [1.165, 1.54) is 0 Å². The van der Waals surface area contributed by atoms with Crippen LogP contribution in [0.1, 0.15) is 25.3 Å². The molecule has 0 amide bonds. The summed E-state index contributed by atoms with van der Waals surface area (Å²) in [5.74, 6) is 0.689. The summed E-state index contributed by atoms with van der Waals surface area (Å²) in [5.41, 5.74) is 1.04. The summed E-state index contributed by atoms with van der Waals surface area (Å²) in [6.07, 6.45) is 6.06. The Balaban J connectivity index is 1.88. The molecule has 23 heavy (non-hydrogen) atoms. The summed E-state index contributed by atoms with van der Waals surface area (Å²) >= 11 is 0. The van der Waals surface area contributed by atoms with Gasteiger partial charge in [-0.1, -0.05) is 13.3 Å². The minimum absolute atomic E-state index is 0.245. The van der Waals surface area contributed by atoms with Gasteiger partial charge in [0.15, 0.2) is 0 Å². The molecule has 0 saturated carbocycles. The molecule has 0 radical (unpaired) electrons. The van der Waals surface area contributed by atoms with Crippen molar-refractivity contribution in [3.8, 4) is 5.75 Å². The van der Waals surface area contributed by atoms with E-state index < -0.39 is 10.0 Å². The normalized spacial score (nSPS) is 11.3. The Hall–Kier alpha value is -1.92. The highest BCUT2D eigenvalue weighted by Gasteiger charge is 2.13. The van der Waals surface area contributed by atoms with E-state index in [1.54, 1.807) is 36.7 Å². The molecule has 0 aliphatic heterocycles. The van der Waals surface area contributed by atoms with Gasteiger partial charge in [-0.3, -0.25) is 4.98 Å². The maximum atomic E-state index is 12.2. The molecule has 0 bridgehead atoms. The molecule has 0 saturated heterocycles. The van der Waals surface area contributed by atoms with Crippen molar-refractivity contribution in [1.29, 1.82) is 0 Å². The zero-order valence-electron chi connectivity index (χ0n) is 13.2. The molecule has 1 N–H and O–H groups in total. The highest BCUT2D eigenvalue weighted by atomic mass is 32.2. The first-order valence-corrected chi connectivity index (χ1v) is 9.21. The van der Waals surface area contributed by atoms with Crippen LogP contribution < -0.4 is 9.46 Å². The standard InChI is InChI=1S/C17H22N2O3S/c1-2-3-14-22-16-4-6-17(7-5-16)23(20,21)19-13-10-15-8-11-18-12-9-15/h4-9,11-12,19H,2-3,10,13-14H2,1H3. The maximum Gasteiger partial charge on any atom is 0.240 e. The van der Waals surface area contributed by atoms with Crippen LogP contribution in [-0.2, 0) is 16.4 Å². The summed E-state index contributed by atoms with van der Waals surface area (Å²) in [5, 5.41) is 0. The Morgan fingerprint density at radius 1 is 1.09 bits per heavy atom. The van der Waals surface area contributed by atoms with Crippen molar-refractivity contribution in [2.75, 3.05) is 13.2 Å². The largest absolute Gasteiger partial charge is 0.494 e. The van der Waals surface area contributed by atoms with E-state index in [0.717, 1.165) is 18.4 Å². The van der Waals surface area contributed by atoms with E-state index >= 15 is 0 Å². The summed E-state index contributed by atoms with van der Waals surface area (Å²) in [4.78, 5) is 4.18. The Kier molecular flexibility index (Phi) is 6.55. The van der Waals surface area contributed by atoms with Crippen LogP contribution in [0.5, 0.6) is 5.75 Å². The van der Waals surface area contributed by atoms with Gasteiger partial charge >= 0.3 is 0 Å². The SMILES string of the molecule is CCCCOc1ccc(S(=O)(=O)NCCc2ccncc2)cc1. The van der Waals surface area contributed by atoms with Crippen LogP contribution in [0, 0.1) is 0 Å². The molecule has 0 atom stereocenters. The number of ether oxygens (including phenoxy) is 1. The molecule has 2 rings (SSSR count). The lowest BCUT2D eigenvalue weighted by atomic mass is 10.2. The van der Waals surface area contributed by atoms with Crippen LogP contribution in [0.2, 0.25) is 0 Å². The number of benzene rings is 1. The van der Waals surface area contributed by atoms with E-state index in [0.29, 0.717) is 25.3 Å². The van der Waals surface area contributed by atoms with Crippen molar-refractivity contribution in [1.82, 2.24) is 9.71 Å². The van der Waals surface area contributed by atoms with Gasteiger partial charge in [0, 0.05) is 18.9 Å². The molecule has 2 aromatic rings. The number of nitrogens with zero attached hydrogens (tertiary/aromatic N) is 1. The van der Waals surface area contributed by atoms with Gasteiger partial charge in [-0.05, 0) is 54.8 Å². The second-order valence-electron chi connectivity index (χ2n) is 5.18. The predicted octanol–water partition coefficient (Wildman–Crippen LogP) is 2.78. The summed E-state index contributed by atoms with van der Waals surface area (Å²) in [7, 11) is -3.49. The number of nitrogens with one attached hydrogen (secondary N) is 1. The van der Waals surface area contributed by atoms with Gasteiger partial charge in [-0.2, -0.15) is 0 Å². The first-order chi connectivity index (χ1) is 11.1. The minimum atomic E-state index is -3.49. The van der Waals surface area contributed by atoms with Crippen molar-refractivity contribution in [3.63, 3.8) is 0 Å². The lowest BCUT2D eigenvalue weighted by Gasteiger charge is -2.09. The smallest absolute Gasteiger partial charge is 0.240 e. The Labute approximate surface area is 137 Å². The molecule has 1 aromatic heterocycles. The van der Waals surface area contributed by atoms with Crippen LogP contribution >= 0.6 is 0 Å². The Morgan fingerprint density at radius 3 is 2.43 bits per heavy atom. The molecular weight excluding hydrogens is 312 g/mol. The third-order valence-corrected chi connectivity index (χ3v) is 4.83. The number of rotatable bonds is 9. The first kappa shape index (κ1) is 17.4. The van der Waals surface area contributed by atoms with Gasteiger partial charge in [0.05, 0.1) is 11.5 Å². The van der Waals surface area contributed by atoms with E-state index in [2.05, 4.69) is 16.6 Å². The van der Waals surface area contributed by atoms with Gasteiger partial charge in [-0.25, -0.2) is 13.1 Å². The second kappa shape index (κ2) is 8.64. The van der Waals surface area contributed by atoms with Crippen LogP contribution in [-0.4, -0.2) is 26.6 Å². The van der Waals surface area contributed by atoms with Gasteiger partial charge < -0.3 is 4.74 Å². The average Bonchev–Trinajstić information content (AvgIpc) is 2.56. The Morgan fingerprint density at radius 2 is 1.78 bits per heavy atom. The monoisotopic (exact) mass is 334 g/mol. The van der Waals surface area contributed by atoms with Crippen LogP contribution in [0.4, 0.5) is 0 Å². The Bertz CT molecular complexity index is 686. The van der Waals surface area contributed by atoms with Gasteiger partial charge in [0.1, 0.15) is 5.75 Å². The fraction of sp³-hybridized carbons (Fsp3) is 0.353. The molecule has 0 aliphatic rings. The molecule has 5 nitrogen and oxygen atoms in total. The van der Waals surface area contributed by atoms with Crippen molar-refractivity contribution in [2.24, 2.45) is 0 Å². The lowest BCUT2D eigenvalue weighted by Crippen LogP contribution is -2.25. The van der Waals surface area contributed by atoms with Crippen LogP contribution in [0.15, 0.2) is 53.7 Å². The fourth-order valence-corrected chi connectivity index (χ4v) is 3.04. The minimum Gasteiger partial charge on any atom is -0.494 e. The van der Waals surface area contributed by atoms with E-state index in [9.17, 15) is 8.42 Å². The average molecular weight is 334 g/mol. The topological polar surface area (TPSA) is 68.3 Å². The number of pyridine rings is 1. The van der Waals surface area contributed by atoms with Crippen LogP contribution in [0.3, 0.4) is 0 Å². The molecule has 6 heteroatoms. The molecule has 1 aromatic carbocycles. The molecule has 1 heterocycles. The first-order valence-electron chi connectivity index (χ1n) is 7.73. The summed E-state index contributed by atoms with van der Waals surface area (Å²) < 4.78 is 32.6. The lowest BCUT2D eigenvalue weighted by molar-refractivity contribution is 0.309. The molecule has 0 aliphatic carbocycles. The van der Waals surface area contributed by atoms with Crippen molar-refractivity contribution >= 4 is 10.0 Å². The quantitative estimate of drug-likeness (QED) is 0.716. The number of sulfonamides is 1. The van der Waals surface area contributed by atoms with Gasteiger partial charge in [-0.15, -0.1) is 0 Å². The molecular formula is C17H22N2O3S. The zero-order chi connectivity index (χ0) is 16.5. The van der Waals surface area contributed by atoms with Gasteiger partial charge in [0.2, 0.25) is 10.0 Å². The maximum absolute atomic E-state index is 12.2. The van der Waals surface area contributed by atoms with E-state index in [1.807, 2.05) is 12.1 Å². The third kappa shape index (κ3) is 5.65.